The minimum absolute atomic E-state index is 0.136. The lowest BCUT2D eigenvalue weighted by Gasteiger charge is -2.31. The van der Waals surface area contributed by atoms with E-state index >= 15 is 0 Å². The van der Waals surface area contributed by atoms with E-state index in [0.717, 1.165) is 36.3 Å². The van der Waals surface area contributed by atoms with Crippen LogP contribution in [0.5, 0.6) is 11.5 Å². The first-order valence-electron chi connectivity index (χ1n) is 8.26. The van der Waals surface area contributed by atoms with E-state index in [1.807, 2.05) is 25.1 Å². The number of likely N-dealkylation sites (tertiary alicyclic amines) is 1. The number of nitrogens with zero attached hydrogens (tertiary/aromatic N) is 1. The van der Waals surface area contributed by atoms with Gasteiger partial charge in [0.25, 0.3) is 0 Å². The molecule has 1 aromatic carbocycles. The highest BCUT2D eigenvalue weighted by molar-refractivity contribution is 5.75. The molecule has 23 heavy (non-hydrogen) atoms. The van der Waals surface area contributed by atoms with Crippen molar-refractivity contribution in [2.75, 3.05) is 26.3 Å². The molecule has 0 unspecified atom stereocenters. The van der Waals surface area contributed by atoms with Gasteiger partial charge in [-0.05, 0) is 37.5 Å². The molecule has 2 amide bonds. The number of amides is 2. The van der Waals surface area contributed by atoms with Crippen molar-refractivity contribution in [2.45, 2.75) is 38.3 Å². The summed E-state index contributed by atoms with van der Waals surface area (Å²) in [4.78, 5) is 14.0. The third kappa shape index (κ3) is 3.88. The fourth-order valence-electron chi connectivity index (χ4n) is 2.95. The number of fused-ring (bicyclic) bond motifs is 1. The van der Waals surface area contributed by atoms with Gasteiger partial charge < -0.3 is 24.8 Å². The Morgan fingerprint density at radius 1 is 1.30 bits per heavy atom. The Bertz CT molecular complexity index is 564. The van der Waals surface area contributed by atoms with Crippen LogP contribution in [0.2, 0.25) is 0 Å². The second kappa shape index (κ2) is 7.08. The first kappa shape index (κ1) is 15.9. The molecule has 6 nitrogen and oxygen atoms in total. The average Bonchev–Trinajstić information content (AvgIpc) is 2.79. The van der Waals surface area contributed by atoms with Crippen molar-refractivity contribution in [3.8, 4) is 11.5 Å². The Labute approximate surface area is 136 Å². The Hall–Kier alpha value is -1.95. The first-order chi connectivity index (χ1) is 11.1. The Morgan fingerprint density at radius 3 is 2.87 bits per heavy atom. The van der Waals surface area contributed by atoms with Crippen LogP contribution in [-0.4, -0.2) is 48.4 Å². The summed E-state index contributed by atoms with van der Waals surface area (Å²) in [5.74, 6) is 1.48. The van der Waals surface area contributed by atoms with Gasteiger partial charge in [0, 0.05) is 19.5 Å². The van der Waals surface area contributed by atoms with E-state index in [1.165, 1.54) is 0 Å². The SMILES string of the molecule is C[C@@H](NC(=O)N1CCC[C@@H](O)C1)c1ccc2c(c1)OCCCO2. The molecule has 0 saturated carbocycles. The lowest BCUT2D eigenvalue weighted by atomic mass is 10.1. The molecular weight excluding hydrogens is 296 g/mol. The maximum Gasteiger partial charge on any atom is 0.317 e. The predicted molar refractivity (Wildman–Crippen MR) is 85.8 cm³/mol. The third-order valence-electron chi connectivity index (χ3n) is 4.30. The number of aliphatic hydroxyl groups excluding tert-OH is 1. The van der Waals surface area contributed by atoms with Crippen LogP contribution in [0.25, 0.3) is 0 Å². The standard InChI is InChI=1S/C17H24N2O4/c1-12(18-17(21)19-7-2-4-14(20)11-19)13-5-6-15-16(10-13)23-9-3-8-22-15/h5-6,10,12,14,20H,2-4,7-9,11H2,1H3,(H,18,21)/t12-,14-/m1/s1. The second-order valence-corrected chi connectivity index (χ2v) is 6.17. The molecule has 2 N–H and O–H groups in total. The topological polar surface area (TPSA) is 71.0 Å². The molecule has 1 aromatic rings. The average molecular weight is 320 g/mol. The number of carbonyl (C=O) groups is 1. The quantitative estimate of drug-likeness (QED) is 0.875. The number of nitrogens with one attached hydrogen (secondary N) is 1. The summed E-state index contributed by atoms with van der Waals surface area (Å²) in [5, 5.41) is 12.7. The van der Waals surface area contributed by atoms with Crippen molar-refractivity contribution in [2.24, 2.45) is 0 Å². The maximum absolute atomic E-state index is 12.3. The van der Waals surface area contributed by atoms with Crippen molar-refractivity contribution < 1.29 is 19.4 Å². The minimum atomic E-state index is -0.414. The zero-order valence-electron chi connectivity index (χ0n) is 13.5. The summed E-state index contributed by atoms with van der Waals surface area (Å²) in [6, 6.07) is 5.49. The Balaban J connectivity index is 1.64. The zero-order valence-corrected chi connectivity index (χ0v) is 13.5. The van der Waals surface area contributed by atoms with Crippen LogP contribution >= 0.6 is 0 Å². The number of benzene rings is 1. The van der Waals surface area contributed by atoms with Crippen LogP contribution < -0.4 is 14.8 Å². The molecule has 0 aliphatic carbocycles. The highest BCUT2D eigenvalue weighted by atomic mass is 16.5. The normalized spacial score (nSPS) is 22.2. The van der Waals surface area contributed by atoms with Crippen LogP contribution in [0, 0.1) is 0 Å². The molecule has 2 atom stereocenters. The summed E-state index contributed by atoms with van der Waals surface area (Å²) >= 11 is 0. The molecule has 1 saturated heterocycles. The molecule has 6 heteroatoms. The molecule has 0 radical (unpaired) electrons. The lowest BCUT2D eigenvalue weighted by molar-refractivity contribution is 0.0835. The van der Waals surface area contributed by atoms with E-state index in [-0.39, 0.29) is 12.1 Å². The number of hydrogen-bond donors (Lipinski definition) is 2. The number of rotatable bonds is 2. The summed E-state index contributed by atoms with van der Waals surface area (Å²) in [6.07, 6.45) is 2.06. The third-order valence-corrected chi connectivity index (χ3v) is 4.30. The highest BCUT2D eigenvalue weighted by Crippen LogP contribution is 2.32. The predicted octanol–water partition coefficient (Wildman–Crippen LogP) is 2.08. The van der Waals surface area contributed by atoms with Gasteiger partial charge in [-0.3, -0.25) is 0 Å². The molecule has 0 spiro atoms. The van der Waals surface area contributed by atoms with Gasteiger partial charge in [0.1, 0.15) is 0 Å². The molecular formula is C17H24N2O4. The number of β-amino-alcohol motifs (C(OH)–C–C–N with tert-alkyl or cyclic N) is 1. The molecule has 2 aliphatic heterocycles. The number of urea groups is 1. The molecule has 126 valence electrons. The van der Waals surface area contributed by atoms with Crippen molar-refractivity contribution in [1.82, 2.24) is 10.2 Å². The van der Waals surface area contributed by atoms with E-state index in [1.54, 1.807) is 4.90 Å². The zero-order chi connectivity index (χ0) is 16.2. The maximum atomic E-state index is 12.3. The van der Waals surface area contributed by atoms with Crippen LogP contribution in [0.1, 0.15) is 37.8 Å². The van der Waals surface area contributed by atoms with Crippen LogP contribution in [0.15, 0.2) is 18.2 Å². The van der Waals surface area contributed by atoms with Gasteiger partial charge in [0.05, 0.1) is 25.4 Å². The number of hydrogen-bond acceptors (Lipinski definition) is 4. The highest BCUT2D eigenvalue weighted by Gasteiger charge is 2.23. The second-order valence-electron chi connectivity index (χ2n) is 6.17. The van der Waals surface area contributed by atoms with Crippen molar-refractivity contribution in [1.29, 1.82) is 0 Å². The van der Waals surface area contributed by atoms with Crippen LogP contribution in [0.4, 0.5) is 4.79 Å². The monoisotopic (exact) mass is 320 g/mol. The molecule has 2 heterocycles. The fourth-order valence-corrected chi connectivity index (χ4v) is 2.95. The lowest BCUT2D eigenvalue weighted by Crippen LogP contribution is -2.47. The number of ether oxygens (including phenoxy) is 2. The molecule has 2 aliphatic rings. The van der Waals surface area contributed by atoms with Crippen LogP contribution in [0.3, 0.4) is 0 Å². The van der Waals surface area contributed by atoms with Gasteiger partial charge in [-0.25, -0.2) is 4.79 Å². The van der Waals surface area contributed by atoms with E-state index < -0.39 is 6.10 Å². The summed E-state index contributed by atoms with van der Waals surface area (Å²) in [6.45, 7) is 4.34. The van der Waals surface area contributed by atoms with Gasteiger partial charge >= 0.3 is 6.03 Å². The van der Waals surface area contributed by atoms with Gasteiger partial charge in [0.2, 0.25) is 0 Å². The first-order valence-corrected chi connectivity index (χ1v) is 8.26. The van der Waals surface area contributed by atoms with Crippen molar-refractivity contribution >= 4 is 6.03 Å². The largest absolute Gasteiger partial charge is 0.490 e. The Kier molecular flexibility index (Phi) is 4.91. The van der Waals surface area contributed by atoms with Gasteiger partial charge in [-0.1, -0.05) is 6.07 Å². The fraction of sp³-hybridized carbons (Fsp3) is 0.588. The smallest absolute Gasteiger partial charge is 0.317 e. The van der Waals surface area contributed by atoms with Gasteiger partial charge in [-0.2, -0.15) is 0 Å². The van der Waals surface area contributed by atoms with E-state index in [2.05, 4.69) is 5.32 Å². The van der Waals surface area contributed by atoms with E-state index in [0.29, 0.717) is 26.3 Å². The van der Waals surface area contributed by atoms with Crippen molar-refractivity contribution in [3.63, 3.8) is 0 Å². The number of aliphatic hydroxyl groups is 1. The number of carbonyl (C=O) groups excluding carboxylic acids is 1. The summed E-state index contributed by atoms with van der Waals surface area (Å²) in [7, 11) is 0. The van der Waals surface area contributed by atoms with Crippen LogP contribution in [-0.2, 0) is 0 Å². The minimum Gasteiger partial charge on any atom is -0.490 e. The summed E-state index contributed by atoms with van der Waals surface area (Å²) < 4.78 is 11.3. The van der Waals surface area contributed by atoms with Crippen molar-refractivity contribution in [3.05, 3.63) is 23.8 Å². The molecule has 0 aromatic heterocycles. The number of piperidine rings is 1. The van der Waals surface area contributed by atoms with Gasteiger partial charge in [-0.15, -0.1) is 0 Å². The van der Waals surface area contributed by atoms with Gasteiger partial charge in [0.15, 0.2) is 11.5 Å². The van der Waals surface area contributed by atoms with E-state index in [4.69, 9.17) is 9.47 Å². The molecule has 0 bridgehead atoms. The summed E-state index contributed by atoms with van der Waals surface area (Å²) in [5.41, 5.74) is 0.972. The Morgan fingerprint density at radius 2 is 2.09 bits per heavy atom. The molecule has 1 fully saturated rings. The molecule has 3 rings (SSSR count). The van der Waals surface area contributed by atoms with E-state index in [9.17, 15) is 9.90 Å².